The molecule has 3 aromatic rings. The molecule has 5 nitrogen and oxygen atoms in total. The van der Waals surface area contributed by atoms with E-state index in [0.29, 0.717) is 19.1 Å². The SMILES string of the molecule is CCc1ccc(N2CN(C3CCCCC3)Cn3c2nc(C)c(Cc2ccccc2)c3=O)cc1. The van der Waals surface area contributed by atoms with Crippen LogP contribution in [0, 0.1) is 6.92 Å². The fourth-order valence-electron chi connectivity index (χ4n) is 5.28. The van der Waals surface area contributed by atoms with Crippen molar-refractivity contribution in [2.75, 3.05) is 11.6 Å². The summed E-state index contributed by atoms with van der Waals surface area (Å²) >= 11 is 0. The van der Waals surface area contributed by atoms with Gasteiger partial charge in [-0.3, -0.25) is 19.2 Å². The Morgan fingerprint density at radius 2 is 1.64 bits per heavy atom. The summed E-state index contributed by atoms with van der Waals surface area (Å²) in [7, 11) is 0. The number of hydrogen-bond donors (Lipinski definition) is 0. The van der Waals surface area contributed by atoms with Gasteiger partial charge in [0, 0.05) is 23.7 Å². The molecule has 2 aromatic carbocycles. The molecule has 1 fully saturated rings. The number of aromatic nitrogens is 2. The third kappa shape index (κ3) is 4.47. The topological polar surface area (TPSA) is 41.4 Å². The summed E-state index contributed by atoms with van der Waals surface area (Å²) in [5, 5.41) is 0. The van der Waals surface area contributed by atoms with Crippen LogP contribution in [-0.2, 0) is 19.5 Å². The Labute approximate surface area is 196 Å². The first kappa shape index (κ1) is 21.9. The first-order valence-corrected chi connectivity index (χ1v) is 12.4. The molecule has 0 N–H and O–H groups in total. The second-order valence-electron chi connectivity index (χ2n) is 9.48. The zero-order chi connectivity index (χ0) is 22.8. The van der Waals surface area contributed by atoms with Crippen LogP contribution in [0.15, 0.2) is 59.4 Å². The summed E-state index contributed by atoms with van der Waals surface area (Å²) in [5.74, 6) is 0.769. The summed E-state index contributed by atoms with van der Waals surface area (Å²) in [6, 6.07) is 19.5. The number of rotatable bonds is 5. The summed E-state index contributed by atoms with van der Waals surface area (Å²) in [6.45, 7) is 5.55. The molecule has 1 aromatic heterocycles. The van der Waals surface area contributed by atoms with Gasteiger partial charge in [0.25, 0.3) is 5.56 Å². The minimum atomic E-state index is 0.0945. The van der Waals surface area contributed by atoms with E-state index >= 15 is 0 Å². The van der Waals surface area contributed by atoms with Crippen molar-refractivity contribution in [2.24, 2.45) is 0 Å². The van der Waals surface area contributed by atoms with Gasteiger partial charge < -0.3 is 0 Å². The van der Waals surface area contributed by atoms with Gasteiger partial charge in [-0.15, -0.1) is 0 Å². The lowest BCUT2D eigenvalue weighted by Crippen LogP contribution is -2.52. The Morgan fingerprint density at radius 1 is 0.909 bits per heavy atom. The van der Waals surface area contributed by atoms with E-state index in [2.05, 4.69) is 53.1 Å². The van der Waals surface area contributed by atoms with E-state index in [1.807, 2.05) is 29.7 Å². The van der Waals surface area contributed by atoms with E-state index in [0.717, 1.165) is 41.5 Å². The smallest absolute Gasteiger partial charge is 0.259 e. The van der Waals surface area contributed by atoms with Crippen molar-refractivity contribution in [3.8, 4) is 0 Å². The molecule has 1 aliphatic heterocycles. The standard InChI is InChI=1S/C28H34N4O/c1-3-22-14-16-25(17-15-22)31-19-30(24-12-8-5-9-13-24)20-32-27(33)26(21(2)29-28(31)32)18-23-10-6-4-7-11-23/h4,6-7,10-11,14-17,24H,3,5,8-9,12-13,18-20H2,1-2H3. The maximum Gasteiger partial charge on any atom is 0.259 e. The van der Waals surface area contributed by atoms with Crippen LogP contribution in [0.25, 0.3) is 0 Å². The van der Waals surface area contributed by atoms with Crippen LogP contribution in [0.2, 0.25) is 0 Å². The van der Waals surface area contributed by atoms with Crippen molar-refractivity contribution in [1.82, 2.24) is 14.5 Å². The summed E-state index contributed by atoms with van der Waals surface area (Å²) in [4.78, 5) is 23.6. The fourth-order valence-corrected chi connectivity index (χ4v) is 5.28. The Morgan fingerprint density at radius 3 is 2.33 bits per heavy atom. The van der Waals surface area contributed by atoms with Crippen LogP contribution in [0.4, 0.5) is 11.6 Å². The van der Waals surface area contributed by atoms with Crippen molar-refractivity contribution < 1.29 is 0 Å². The van der Waals surface area contributed by atoms with E-state index in [1.165, 1.54) is 37.7 Å². The number of aryl methyl sites for hydroxylation is 2. The van der Waals surface area contributed by atoms with Crippen LogP contribution >= 0.6 is 0 Å². The van der Waals surface area contributed by atoms with Crippen molar-refractivity contribution in [3.63, 3.8) is 0 Å². The van der Waals surface area contributed by atoms with Gasteiger partial charge in [0.05, 0.1) is 19.0 Å². The zero-order valence-corrected chi connectivity index (χ0v) is 19.8. The average molecular weight is 443 g/mol. The van der Waals surface area contributed by atoms with Gasteiger partial charge in [-0.05, 0) is 49.4 Å². The molecule has 1 saturated carbocycles. The monoisotopic (exact) mass is 442 g/mol. The third-order valence-electron chi connectivity index (χ3n) is 7.31. The number of anilines is 2. The molecule has 0 atom stereocenters. The van der Waals surface area contributed by atoms with Crippen molar-refractivity contribution in [3.05, 3.63) is 87.3 Å². The van der Waals surface area contributed by atoms with Crippen molar-refractivity contribution in [2.45, 2.75) is 71.5 Å². The molecule has 0 radical (unpaired) electrons. The summed E-state index contributed by atoms with van der Waals surface area (Å²) in [6.07, 6.45) is 7.94. The number of benzene rings is 2. The lowest BCUT2D eigenvalue weighted by atomic mass is 9.94. The molecular weight excluding hydrogens is 408 g/mol. The highest BCUT2D eigenvalue weighted by atomic mass is 16.1. The van der Waals surface area contributed by atoms with Crippen LogP contribution < -0.4 is 10.5 Å². The van der Waals surface area contributed by atoms with Gasteiger partial charge >= 0.3 is 0 Å². The maximum atomic E-state index is 13.8. The van der Waals surface area contributed by atoms with Crippen molar-refractivity contribution >= 4 is 11.6 Å². The molecule has 5 heteroatoms. The summed E-state index contributed by atoms with van der Waals surface area (Å²) < 4.78 is 1.91. The Kier molecular flexibility index (Phi) is 6.32. The van der Waals surface area contributed by atoms with E-state index < -0.39 is 0 Å². The zero-order valence-electron chi connectivity index (χ0n) is 19.8. The Bertz CT molecular complexity index is 1150. The number of nitrogens with zero attached hydrogens (tertiary/aromatic N) is 4. The van der Waals surface area contributed by atoms with E-state index in [9.17, 15) is 4.79 Å². The highest BCUT2D eigenvalue weighted by molar-refractivity contribution is 5.59. The van der Waals surface area contributed by atoms with Gasteiger partial charge in [0.1, 0.15) is 0 Å². The normalized spacial score (nSPS) is 17.2. The summed E-state index contributed by atoms with van der Waals surface area (Å²) in [5.41, 5.74) is 5.29. The molecule has 5 rings (SSSR count). The number of fused-ring (bicyclic) bond motifs is 1. The minimum absolute atomic E-state index is 0.0945. The largest absolute Gasteiger partial charge is 0.298 e. The second-order valence-corrected chi connectivity index (χ2v) is 9.48. The molecule has 33 heavy (non-hydrogen) atoms. The molecule has 2 aliphatic rings. The van der Waals surface area contributed by atoms with Gasteiger partial charge in [-0.2, -0.15) is 0 Å². The molecule has 0 unspecified atom stereocenters. The number of hydrogen-bond acceptors (Lipinski definition) is 4. The average Bonchev–Trinajstić information content (AvgIpc) is 2.87. The highest BCUT2D eigenvalue weighted by Gasteiger charge is 2.32. The molecule has 1 aliphatic carbocycles. The lowest BCUT2D eigenvalue weighted by Gasteiger charge is -2.43. The second kappa shape index (κ2) is 9.52. The molecule has 0 bridgehead atoms. The Hall–Kier alpha value is -2.92. The highest BCUT2D eigenvalue weighted by Crippen LogP contribution is 2.32. The Balaban J connectivity index is 1.57. The third-order valence-corrected chi connectivity index (χ3v) is 7.31. The van der Waals surface area contributed by atoms with Crippen LogP contribution in [0.5, 0.6) is 0 Å². The van der Waals surface area contributed by atoms with E-state index in [4.69, 9.17) is 4.98 Å². The van der Waals surface area contributed by atoms with Gasteiger partial charge in [-0.25, -0.2) is 4.98 Å². The predicted molar refractivity (Wildman–Crippen MR) is 134 cm³/mol. The van der Waals surface area contributed by atoms with E-state index in [-0.39, 0.29) is 5.56 Å². The first-order valence-electron chi connectivity index (χ1n) is 12.4. The van der Waals surface area contributed by atoms with Crippen LogP contribution in [-0.4, -0.2) is 27.2 Å². The molecular formula is C28H34N4O. The minimum Gasteiger partial charge on any atom is -0.298 e. The molecule has 0 spiro atoms. The van der Waals surface area contributed by atoms with Gasteiger partial charge in [0.15, 0.2) is 0 Å². The van der Waals surface area contributed by atoms with Crippen LogP contribution in [0.3, 0.4) is 0 Å². The van der Waals surface area contributed by atoms with E-state index in [1.54, 1.807) is 0 Å². The fraction of sp³-hybridized carbons (Fsp3) is 0.429. The van der Waals surface area contributed by atoms with Gasteiger partial charge in [-0.1, -0.05) is 68.7 Å². The molecule has 2 heterocycles. The predicted octanol–water partition coefficient (Wildman–Crippen LogP) is 5.41. The van der Waals surface area contributed by atoms with Crippen LogP contribution in [0.1, 0.15) is 61.4 Å². The first-order chi connectivity index (χ1) is 16.1. The molecule has 0 saturated heterocycles. The van der Waals surface area contributed by atoms with Crippen molar-refractivity contribution in [1.29, 1.82) is 0 Å². The molecule has 172 valence electrons. The molecule has 0 amide bonds. The quantitative estimate of drug-likeness (QED) is 0.530. The van der Waals surface area contributed by atoms with Gasteiger partial charge in [0.2, 0.25) is 5.95 Å². The lowest BCUT2D eigenvalue weighted by molar-refractivity contribution is 0.107. The maximum absolute atomic E-state index is 13.8.